The van der Waals surface area contributed by atoms with Gasteiger partial charge in [0.05, 0.1) is 11.6 Å². The number of nitrogens with one attached hydrogen (secondary N) is 1. The summed E-state index contributed by atoms with van der Waals surface area (Å²) in [5.74, 6) is 1.34. The molecular formula is C16H19N7O2. The molecule has 1 fully saturated rings. The SMILES string of the molecule is Cc1cc(C(=O)NC2CCN(c3ncnc4c3cnn4C)CC2)no1. The number of anilines is 1. The van der Waals surface area contributed by atoms with Gasteiger partial charge in [0, 0.05) is 32.2 Å². The van der Waals surface area contributed by atoms with E-state index in [1.807, 2.05) is 7.05 Å². The maximum atomic E-state index is 12.2. The molecule has 9 heteroatoms. The summed E-state index contributed by atoms with van der Waals surface area (Å²) in [5.41, 5.74) is 1.15. The Kier molecular flexibility index (Phi) is 3.83. The molecule has 0 saturated carbocycles. The highest BCUT2D eigenvalue weighted by Gasteiger charge is 2.24. The van der Waals surface area contributed by atoms with Crippen LogP contribution in [0.15, 0.2) is 23.1 Å². The van der Waals surface area contributed by atoms with Crippen LogP contribution in [0.4, 0.5) is 5.82 Å². The Hall–Kier alpha value is -2.97. The monoisotopic (exact) mass is 341 g/mol. The van der Waals surface area contributed by atoms with E-state index in [4.69, 9.17) is 4.52 Å². The van der Waals surface area contributed by atoms with Gasteiger partial charge in [-0.1, -0.05) is 5.16 Å². The molecule has 1 N–H and O–H groups in total. The van der Waals surface area contributed by atoms with Crippen molar-refractivity contribution < 1.29 is 9.32 Å². The number of carbonyl (C=O) groups is 1. The summed E-state index contributed by atoms with van der Waals surface area (Å²) in [7, 11) is 1.87. The van der Waals surface area contributed by atoms with E-state index in [0.717, 1.165) is 42.8 Å². The van der Waals surface area contributed by atoms with Gasteiger partial charge in [-0.3, -0.25) is 9.48 Å². The highest BCUT2D eigenvalue weighted by atomic mass is 16.5. The van der Waals surface area contributed by atoms with Gasteiger partial charge in [-0.05, 0) is 19.8 Å². The van der Waals surface area contributed by atoms with Crippen molar-refractivity contribution in [2.24, 2.45) is 7.05 Å². The van der Waals surface area contributed by atoms with E-state index < -0.39 is 0 Å². The zero-order valence-corrected chi connectivity index (χ0v) is 14.1. The number of aryl methyl sites for hydroxylation is 2. The third-order valence-corrected chi connectivity index (χ3v) is 4.50. The van der Waals surface area contributed by atoms with Crippen LogP contribution in [0.1, 0.15) is 29.1 Å². The van der Waals surface area contributed by atoms with Gasteiger partial charge in [0.1, 0.15) is 17.9 Å². The molecule has 0 aliphatic carbocycles. The summed E-state index contributed by atoms with van der Waals surface area (Å²) in [6, 6.07) is 1.76. The first kappa shape index (κ1) is 15.6. The van der Waals surface area contributed by atoms with Crippen LogP contribution in [-0.2, 0) is 7.05 Å². The minimum absolute atomic E-state index is 0.118. The second-order valence-electron chi connectivity index (χ2n) is 6.26. The molecule has 0 spiro atoms. The highest BCUT2D eigenvalue weighted by molar-refractivity contribution is 5.92. The van der Waals surface area contributed by atoms with Crippen LogP contribution in [0.5, 0.6) is 0 Å². The van der Waals surface area contributed by atoms with Crippen molar-refractivity contribution in [1.82, 2.24) is 30.2 Å². The molecule has 1 aliphatic heterocycles. The van der Waals surface area contributed by atoms with E-state index >= 15 is 0 Å². The molecule has 0 aromatic carbocycles. The van der Waals surface area contributed by atoms with Gasteiger partial charge in [-0.25, -0.2) is 9.97 Å². The molecule has 0 unspecified atom stereocenters. The van der Waals surface area contributed by atoms with E-state index in [0.29, 0.717) is 11.5 Å². The lowest BCUT2D eigenvalue weighted by molar-refractivity contribution is 0.0922. The van der Waals surface area contributed by atoms with Gasteiger partial charge in [0.15, 0.2) is 11.3 Å². The van der Waals surface area contributed by atoms with E-state index in [1.165, 1.54) is 0 Å². The van der Waals surface area contributed by atoms with Gasteiger partial charge >= 0.3 is 0 Å². The van der Waals surface area contributed by atoms with Gasteiger partial charge in [0.2, 0.25) is 0 Å². The van der Waals surface area contributed by atoms with E-state index in [1.54, 1.807) is 30.2 Å². The molecular weight excluding hydrogens is 322 g/mol. The van der Waals surface area contributed by atoms with Crippen molar-refractivity contribution in [2.75, 3.05) is 18.0 Å². The van der Waals surface area contributed by atoms with Gasteiger partial charge in [0.25, 0.3) is 5.91 Å². The number of amides is 1. The van der Waals surface area contributed by atoms with E-state index in [-0.39, 0.29) is 11.9 Å². The molecule has 0 bridgehead atoms. The number of nitrogens with zero attached hydrogens (tertiary/aromatic N) is 6. The minimum atomic E-state index is -0.188. The fraction of sp³-hybridized carbons (Fsp3) is 0.438. The maximum Gasteiger partial charge on any atom is 0.273 e. The van der Waals surface area contributed by atoms with Crippen LogP contribution in [0.2, 0.25) is 0 Å². The Morgan fingerprint density at radius 3 is 2.84 bits per heavy atom. The van der Waals surface area contributed by atoms with Crippen LogP contribution >= 0.6 is 0 Å². The Morgan fingerprint density at radius 1 is 1.32 bits per heavy atom. The molecule has 1 amide bonds. The lowest BCUT2D eigenvalue weighted by atomic mass is 10.0. The maximum absolute atomic E-state index is 12.2. The predicted molar refractivity (Wildman–Crippen MR) is 90.2 cm³/mol. The summed E-state index contributed by atoms with van der Waals surface area (Å²) < 4.78 is 6.69. The van der Waals surface area contributed by atoms with Crippen LogP contribution in [0.25, 0.3) is 11.0 Å². The van der Waals surface area contributed by atoms with Crippen LogP contribution in [0.3, 0.4) is 0 Å². The number of fused-ring (bicyclic) bond motifs is 1. The van der Waals surface area contributed by atoms with Crippen molar-refractivity contribution in [3.8, 4) is 0 Å². The standard InChI is InChI=1S/C16H19N7O2/c1-10-7-13(21-25-10)16(24)20-11-3-5-23(6-4-11)15-12-8-19-22(2)14(12)17-9-18-15/h7-9,11H,3-6H2,1-2H3,(H,20,24). The third-order valence-electron chi connectivity index (χ3n) is 4.50. The number of carbonyl (C=O) groups excluding carboxylic acids is 1. The zero-order valence-electron chi connectivity index (χ0n) is 14.1. The number of hydrogen-bond acceptors (Lipinski definition) is 7. The average molecular weight is 341 g/mol. The van der Waals surface area contributed by atoms with Crippen molar-refractivity contribution in [3.63, 3.8) is 0 Å². The molecule has 25 heavy (non-hydrogen) atoms. The van der Waals surface area contributed by atoms with Crippen molar-refractivity contribution in [3.05, 3.63) is 30.0 Å². The minimum Gasteiger partial charge on any atom is -0.361 e. The highest BCUT2D eigenvalue weighted by Crippen LogP contribution is 2.25. The Morgan fingerprint density at radius 2 is 2.12 bits per heavy atom. The average Bonchev–Trinajstić information content (AvgIpc) is 3.22. The second kappa shape index (κ2) is 6.15. The zero-order chi connectivity index (χ0) is 17.4. The Bertz CT molecular complexity index is 908. The second-order valence-corrected chi connectivity index (χ2v) is 6.26. The molecule has 3 aromatic rings. The summed E-state index contributed by atoms with van der Waals surface area (Å²) in [6.07, 6.45) is 5.05. The summed E-state index contributed by atoms with van der Waals surface area (Å²) in [4.78, 5) is 23.1. The molecule has 1 saturated heterocycles. The molecule has 0 atom stereocenters. The number of aromatic nitrogens is 5. The quantitative estimate of drug-likeness (QED) is 0.760. The molecule has 130 valence electrons. The summed E-state index contributed by atoms with van der Waals surface area (Å²) in [5, 5.41) is 12.0. The Labute approximate surface area is 144 Å². The summed E-state index contributed by atoms with van der Waals surface area (Å²) in [6.45, 7) is 3.39. The lowest BCUT2D eigenvalue weighted by Gasteiger charge is -2.33. The van der Waals surface area contributed by atoms with E-state index in [2.05, 4.69) is 30.4 Å². The first-order chi connectivity index (χ1) is 12.1. The normalized spacial score (nSPS) is 15.7. The van der Waals surface area contributed by atoms with Gasteiger partial charge in [-0.2, -0.15) is 5.10 Å². The largest absolute Gasteiger partial charge is 0.361 e. The smallest absolute Gasteiger partial charge is 0.273 e. The molecule has 0 radical (unpaired) electrons. The first-order valence-electron chi connectivity index (χ1n) is 8.23. The Balaban J connectivity index is 1.42. The van der Waals surface area contributed by atoms with E-state index in [9.17, 15) is 4.79 Å². The van der Waals surface area contributed by atoms with Crippen LogP contribution in [-0.4, -0.2) is 49.9 Å². The molecule has 3 aromatic heterocycles. The molecule has 4 heterocycles. The van der Waals surface area contributed by atoms with Crippen molar-refractivity contribution in [1.29, 1.82) is 0 Å². The topological polar surface area (TPSA) is 102 Å². The first-order valence-corrected chi connectivity index (χ1v) is 8.23. The molecule has 1 aliphatic rings. The van der Waals surface area contributed by atoms with Crippen molar-refractivity contribution in [2.45, 2.75) is 25.8 Å². The van der Waals surface area contributed by atoms with Crippen LogP contribution < -0.4 is 10.2 Å². The number of rotatable bonds is 3. The predicted octanol–water partition coefficient (Wildman–Crippen LogP) is 1.06. The summed E-state index contributed by atoms with van der Waals surface area (Å²) >= 11 is 0. The third kappa shape index (κ3) is 2.92. The van der Waals surface area contributed by atoms with Gasteiger partial charge in [-0.15, -0.1) is 0 Å². The van der Waals surface area contributed by atoms with Gasteiger partial charge < -0.3 is 14.7 Å². The van der Waals surface area contributed by atoms with Crippen LogP contribution in [0, 0.1) is 6.92 Å². The molecule has 4 rings (SSSR count). The fourth-order valence-corrected chi connectivity index (χ4v) is 3.17. The fourth-order valence-electron chi connectivity index (χ4n) is 3.17. The van der Waals surface area contributed by atoms with Crippen molar-refractivity contribution >= 4 is 22.8 Å². The number of hydrogen-bond donors (Lipinski definition) is 1. The molecule has 9 nitrogen and oxygen atoms in total. The lowest BCUT2D eigenvalue weighted by Crippen LogP contribution is -2.45. The number of piperidine rings is 1.